The number of nitrogens with one attached hydrogen (secondary N) is 1. The molecule has 2 aromatic carbocycles. The minimum atomic E-state index is -0.258. The Morgan fingerprint density at radius 3 is 2.48 bits per heavy atom. The van der Waals surface area contributed by atoms with E-state index in [0.717, 1.165) is 35.7 Å². The maximum absolute atomic E-state index is 12.7. The fraction of sp³-hybridized carbons (Fsp3) is 0.333. The first-order valence-electron chi connectivity index (χ1n) is 10.5. The number of aromatic nitrogens is 2. The van der Waals surface area contributed by atoms with Gasteiger partial charge in [-0.3, -0.25) is 4.79 Å². The van der Waals surface area contributed by atoms with Crippen molar-refractivity contribution >= 4 is 17.3 Å². The highest BCUT2D eigenvalue weighted by Crippen LogP contribution is 2.24. The number of aryl methyl sites for hydroxylation is 1. The van der Waals surface area contributed by atoms with E-state index < -0.39 is 0 Å². The molecule has 3 aromatic rings. The Morgan fingerprint density at radius 1 is 1.10 bits per heavy atom. The SMILES string of the molecule is COc1ccc(C)cc1-n1ccc(C(=O)Nc2ccc(N3CC(C)OC(C)C3)cc2)n1. The van der Waals surface area contributed by atoms with Crippen molar-refractivity contribution in [2.24, 2.45) is 0 Å². The molecule has 2 heterocycles. The van der Waals surface area contributed by atoms with E-state index in [2.05, 4.69) is 29.2 Å². The van der Waals surface area contributed by atoms with Crippen LogP contribution in [0.25, 0.3) is 5.69 Å². The number of carbonyl (C=O) groups is 1. The number of hydrogen-bond acceptors (Lipinski definition) is 5. The lowest BCUT2D eigenvalue weighted by atomic mass is 10.2. The van der Waals surface area contributed by atoms with Crippen LogP contribution >= 0.6 is 0 Å². The monoisotopic (exact) mass is 420 g/mol. The van der Waals surface area contributed by atoms with Crippen LogP contribution in [-0.4, -0.2) is 48.1 Å². The minimum absolute atomic E-state index is 0.199. The summed E-state index contributed by atoms with van der Waals surface area (Å²) in [5.41, 5.74) is 4.06. The fourth-order valence-electron chi connectivity index (χ4n) is 3.90. The van der Waals surface area contributed by atoms with Gasteiger partial charge in [0.15, 0.2) is 5.69 Å². The van der Waals surface area contributed by atoms with E-state index in [9.17, 15) is 4.79 Å². The van der Waals surface area contributed by atoms with E-state index in [-0.39, 0.29) is 18.1 Å². The zero-order valence-corrected chi connectivity index (χ0v) is 18.3. The number of amides is 1. The Kier molecular flexibility index (Phi) is 5.95. The van der Waals surface area contributed by atoms with Gasteiger partial charge in [0.2, 0.25) is 0 Å². The third kappa shape index (κ3) is 4.72. The van der Waals surface area contributed by atoms with Gasteiger partial charge in [0.1, 0.15) is 11.4 Å². The van der Waals surface area contributed by atoms with Crippen molar-refractivity contribution in [1.82, 2.24) is 9.78 Å². The zero-order valence-electron chi connectivity index (χ0n) is 18.3. The molecule has 1 N–H and O–H groups in total. The third-order valence-electron chi connectivity index (χ3n) is 5.31. The van der Waals surface area contributed by atoms with Crippen molar-refractivity contribution in [1.29, 1.82) is 0 Å². The van der Waals surface area contributed by atoms with Crippen LogP contribution in [0.15, 0.2) is 54.7 Å². The summed E-state index contributed by atoms with van der Waals surface area (Å²) in [6.45, 7) is 7.89. The summed E-state index contributed by atoms with van der Waals surface area (Å²) in [6.07, 6.45) is 2.16. The van der Waals surface area contributed by atoms with E-state index in [1.807, 2.05) is 49.4 Å². The molecule has 0 bridgehead atoms. The molecule has 0 saturated carbocycles. The molecule has 2 atom stereocenters. The van der Waals surface area contributed by atoms with Crippen molar-refractivity contribution in [3.8, 4) is 11.4 Å². The second-order valence-electron chi connectivity index (χ2n) is 7.98. The van der Waals surface area contributed by atoms with Crippen LogP contribution in [0, 0.1) is 6.92 Å². The number of benzene rings is 2. The van der Waals surface area contributed by atoms with E-state index in [1.54, 1.807) is 24.1 Å². The first-order valence-corrected chi connectivity index (χ1v) is 10.5. The van der Waals surface area contributed by atoms with Crippen molar-refractivity contribution in [3.05, 3.63) is 66.0 Å². The van der Waals surface area contributed by atoms with Crippen LogP contribution in [-0.2, 0) is 4.74 Å². The molecule has 2 unspecified atom stereocenters. The van der Waals surface area contributed by atoms with Gasteiger partial charge < -0.3 is 19.7 Å². The molecule has 0 aliphatic carbocycles. The first kappa shape index (κ1) is 20.9. The molecule has 1 aliphatic heterocycles. The summed E-state index contributed by atoms with van der Waals surface area (Å²) in [7, 11) is 1.62. The number of hydrogen-bond donors (Lipinski definition) is 1. The number of morpholine rings is 1. The molecule has 7 nitrogen and oxygen atoms in total. The molecule has 31 heavy (non-hydrogen) atoms. The summed E-state index contributed by atoms with van der Waals surface area (Å²) >= 11 is 0. The van der Waals surface area contributed by atoms with E-state index in [0.29, 0.717) is 11.4 Å². The molecule has 7 heteroatoms. The topological polar surface area (TPSA) is 68.6 Å². The van der Waals surface area contributed by atoms with Crippen molar-refractivity contribution in [3.63, 3.8) is 0 Å². The summed E-state index contributed by atoms with van der Waals surface area (Å²) in [5.74, 6) is 0.440. The number of rotatable bonds is 5. The molecule has 162 valence electrons. The molecule has 1 fully saturated rings. The van der Waals surface area contributed by atoms with E-state index >= 15 is 0 Å². The average Bonchev–Trinajstić information content (AvgIpc) is 3.24. The van der Waals surface area contributed by atoms with Gasteiger partial charge in [0.25, 0.3) is 5.91 Å². The Morgan fingerprint density at radius 2 is 1.81 bits per heavy atom. The quantitative estimate of drug-likeness (QED) is 0.674. The van der Waals surface area contributed by atoms with Crippen LogP contribution in [0.3, 0.4) is 0 Å². The molecule has 1 aromatic heterocycles. The number of ether oxygens (including phenoxy) is 2. The van der Waals surface area contributed by atoms with Gasteiger partial charge in [-0.25, -0.2) is 4.68 Å². The fourth-order valence-corrected chi connectivity index (χ4v) is 3.90. The lowest BCUT2D eigenvalue weighted by molar-refractivity contribution is -0.00521. The van der Waals surface area contributed by atoms with Crippen LogP contribution in [0.2, 0.25) is 0 Å². The van der Waals surface area contributed by atoms with Gasteiger partial charge >= 0.3 is 0 Å². The molecule has 0 radical (unpaired) electrons. The van der Waals surface area contributed by atoms with Crippen LogP contribution in [0.4, 0.5) is 11.4 Å². The lowest BCUT2D eigenvalue weighted by Crippen LogP contribution is -2.45. The summed E-state index contributed by atoms with van der Waals surface area (Å²) in [6, 6.07) is 15.4. The standard InChI is InChI=1S/C24H28N4O3/c1-16-5-10-23(30-4)22(13-16)28-12-11-21(26-28)24(29)25-19-6-8-20(9-7-19)27-14-17(2)31-18(3)15-27/h5-13,17-18H,14-15H2,1-4H3,(H,25,29). The molecular weight excluding hydrogens is 392 g/mol. The van der Waals surface area contributed by atoms with Crippen molar-refractivity contribution in [2.45, 2.75) is 33.0 Å². The van der Waals surface area contributed by atoms with Crippen molar-refractivity contribution in [2.75, 3.05) is 30.4 Å². The second-order valence-corrected chi connectivity index (χ2v) is 7.98. The summed E-state index contributed by atoms with van der Waals surface area (Å²) < 4.78 is 12.9. The predicted octanol–water partition coefficient (Wildman–Crippen LogP) is 4.06. The van der Waals surface area contributed by atoms with Gasteiger partial charge in [-0.1, -0.05) is 6.07 Å². The Hall–Kier alpha value is -3.32. The third-order valence-corrected chi connectivity index (χ3v) is 5.31. The van der Waals surface area contributed by atoms with Gasteiger partial charge in [-0.2, -0.15) is 5.10 Å². The highest BCUT2D eigenvalue weighted by Gasteiger charge is 2.22. The summed E-state index contributed by atoms with van der Waals surface area (Å²) in [4.78, 5) is 15.0. The molecule has 0 spiro atoms. The lowest BCUT2D eigenvalue weighted by Gasteiger charge is -2.36. The highest BCUT2D eigenvalue weighted by molar-refractivity contribution is 6.02. The predicted molar refractivity (Wildman–Crippen MR) is 121 cm³/mol. The highest BCUT2D eigenvalue weighted by atomic mass is 16.5. The number of nitrogens with zero attached hydrogens (tertiary/aromatic N) is 3. The van der Waals surface area contributed by atoms with Gasteiger partial charge in [-0.15, -0.1) is 0 Å². The first-order chi connectivity index (χ1) is 14.9. The largest absolute Gasteiger partial charge is 0.494 e. The molecular formula is C24H28N4O3. The number of carbonyl (C=O) groups excluding carboxylic acids is 1. The second kappa shape index (κ2) is 8.81. The van der Waals surface area contributed by atoms with E-state index in [1.165, 1.54) is 0 Å². The smallest absolute Gasteiger partial charge is 0.276 e. The minimum Gasteiger partial charge on any atom is -0.494 e. The van der Waals surface area contributed by atoms with Crippen LogP contribution in [0.1, 0.15) is 29.9 Å². The van der Waals surface area contributed by atoms with Crippen molar-refractivity contribution < 1.29 is 14.3 Å². The zero-order chi connectivity index (χ0) is 22.0. The van der Waals surface area contributed by atoms with Gasteiger partial charge in [0, 0.05) is 30.7 Å². The Balaban J connectivity index is 1.45. The van der Waals surface area contributed by atoms with Gasteiger partial charge in [0.05, 0.1) is 19.3 Å². The van der Waals surface area contributed by atoms with E-state index in [4.69, 9.17) is 9.47 Å². The Bertz CT molecular complexity index is 1050. The molecule has 4 rings (SSSR count). The summed E-state index contributed by atoms with van der Waals surface area (Å²) in [5, 5.41) is 7.36. The maximum Gasteiger partial charge on any atom is 0.276 e. The van der Waals surface area contributed by atoms with Crippen LogP contribution < -0.4 is 15.0 Å². The number of anilines is 2. The van der Waals surface area contributed by atoms with Gasteiger partial charge in [-0.05, 0) is 68.8 Å². The molecule has 1 saturated heterocycles. The molecule has 1 amide bonds. The average molecular weight is 421 g/mol. The maximum atomic E-state index is 12.7. The van der Waals surface area contributed by atoms with Crippen LogP contribution in [0.5, 0.6) is 5.75 Å². The number of methoxy groups -OCH3 is 1. The normalized spacial score (nSPS) is 18.6. The molecule has 1 aliphatic rings. The Labute approximate surface area is 182 Å².